The van der Waals surface area contributed by atoms with Crippen LogP contribution in [0.1, 0.15) is 31.4 Å². The summed E-state index contributed by atoms with van der Waals surface area (Å²) < 4.78 is 4.92. The lowest BCUT2D eigenvalue weighted by atomic mass is 10.2. The van der Waals surface area contributed by atoms with Gasteiger partial charge in [0.2, 0.25) is 5.91 Å². The smallest absolute Gasteiger partial charge is 0.241 e. The number of aryl methyl sites for hydroxylation is 1. The van der Waals surface area contributed by atoms with E-state index in [9.17, 15) is 4.79 Å². The molecule has 0 saturated carbocycles. The van der Waals surface area contributed by atoms with Gasteiger partial charge in [-0.3, -0.25) is 4.79 Å². The Morgan fingerprint density at radius 3 is 2.71 bits per heavy atom. The Bertz CT molecular complexity index is 368. The van der Waals surface area contributed by atoms with Gasteiger partial charge >= 0.3 is 0 Å². The van der Waals surface area contributed by atoms with Gasteiger partial charge in [-0.05, 0) is 19.8 Å². The van der Waals surface area contributed by atoms with E-state index in [-0.39, 0.29) is 5.91 Å². The fraction of sp³-hybridized carbons (Fsp3) is 0.667. The Kier molecular flexibility index (Phi) is 4.01. The largest absolute Gasteiger partial charge is 0.360 e. The minimum Gasteiger partial charge on any atom is -0.360 e. The predicted molar refractivity (Wildman–Crippen MR) is 64.8 cm³/mol. The molecule has 0 bridgehead atoms. The van der Waals surface area contributed by atoms with Gasteiger partial charge in [0.15, 0.2) is 5.82 Å². The Labute approximate surface area is 101 Å². The third-order valence-electron chi connectivity index (χ3n) is 3.01. The number of aromatic nitrogens is 1. The van der Waals surface area contributed by atoms with E-state index in [4.69, 9.17) is 4.52 Å². The molecule has 0 aliphatic carbocycles. The van der Waals surface area contributed by atoms with Crippen LogP contribution in [0.15, 0.2) is 10.6 Å². The van der Waals surface area contributed by atoms with Crippen LogP contribution in [0.2, 0.25) is 0 Å². The summed E-state index contributed by atoms with van der Waals surface area (Å²) in [6, 6.07) is 1.79. The summed E-state index contributed by atoms with van der Waals surface area (Å²) in [6.07, 6.45) is 4.71. The molecule has 0 atom stereocenters. The fourth-order valence-electron chi connectivity index (χ4n) is 2.05. The van der Waals surface area contributed by atoms with Gasteiger partial charge in [0.25, 0.3) is 0 Å². The first-order chi connectivity index (χ1) is 8.25. The molecular weight excluding hydrogens is 218 g/mol. The molecule has 94 valence electrons. The maximum absolute atomic E-state index is 11.9. The maximum Gasteiger partial charge on any atom is 0.241 e. The number of likely N-dealkylation sites (tertiary alicyclic amines) is 1. The van der Waals surface area contributed by atoms with E-state index in [0.29, 0.717) is 12.4 Å². The van der Waals surface area contributed by atoms with Crippen molar-refractivity contribution in [1.82, 2.24) is 10.1 Å². The van der Waals surface area contributed by atoms with Gasteiger partial charge in [0.05, 0.1) is 6.54 Å². The highest BCUT2D eigenvalue weighted by Crippen LogP contribution is 2.10. The molecule has 0 radical (unpaired) electrons. The SMILES string of the molecule is Cc1cc(NCC(=O)N2CCCCCC2)no1. The number of carbonyl (C=O) groups excluding carboxylic acids is 1. The van der Waals surface area contributed by atoms with E-state index in [1.807, 2.05) is 11.8 Å². The Morgan fingerprint density at radius 2 is 2.12 bits per heavy atom. The molecule has 2 rings (SSSR count). The molecule has 0 spiro atoms. The van der Waals surface area contributed by atoms with Crippen LogP contribution in [0.4, 0.5) is 5.82 Å². The summed E-state index contributed by atoms with van der Waals surface area (Å²) in [5.41, 5.74) is 0. The highest BCUT2D eigenvalue weighted by atomic mass is 16.5. The summed E-state index contributed by atoms with van der Waals surface area (Å²) in [7, 11) is 0. The van der Waals surface area contributed by atoms with Crippen LogP contribution < -0.4 is 5.32 Å². The number of nitrogens with zero attached hydrogens (tertiary/aromatic N) is 2. The number of amides is 1. The Hall–Kier alpha value is -1.52. The van der Waals surface area contributed by atoms with Crippen LogP contribution >= 0.6 is 0 Å². The second-order valence-electron chi connectivity index (χ2n) is 4.47. The van der Waals surface area contributed by atoms with E-state index < -0.39 is 0 Å². The number of carbonyl (C=O) groups is 1. The van der Waals surface area contributed by atoms with Crippen LogP contribution in [-0.2, 0) is 4.79 Å². The van der Waals surface area contributed by atoms with Crippen LogP contribution in [0.25, 0.3) is 0 Å². The number of rotatable bonds is 3. The molecular formula is C12H19N3O2. The molecule has 1 saturated heterocycles. The second-order valence-corrected chi connectivity index (χ2v) is 4.47. The second kappa shape index (κ2) is 5.70. The molecule has 1 amide bonds. The summed E-state index contributed by atoms with van der Waals surface area (Å²) in [5.74, 6) is 1.52. The van der Waals surface area contributed by atoms with Crippen LogP contribution in [0, 0.1) is 6.92 Å². The van der Waals surface area contributed by atoms with Crippen molar-refractivity contribution in [2.24, 2.45) is 0 Å². The van der Waals surface area contributed by atoms with Crippen molar-refractivity contribution >= 4 is 11.7 Å². The average Bonchev–Trinajstić information content (AvgIpc) is 2.58. The van der Waals surface area contributed by atoms with E-state index in [2.05, 4.69) is 10.5 Å². The zero-order valence-electron chi connectivity index (χ0n) is 10.2. The molecule has 0 aromatic carbocycles. The topological polar surface area (TPSA) is 58.4 Å². The van der Waals surface area contributed by atoms with Crippen LogP contribution in [0.5, 0.6) is 0 Å². The summed E-state index contributed by atoms with van der Waals surface area (Å²) in [6.45, 7) is 3.90. The molecule has 0 unspecified atom stereocenters. The van der Waals surface area contributed by atoms with E-state index in [1.165, 1.54) is 12.8 Å². The highest BCUT2D eigenvalue weighted by molar-refractivity contribution is 5.80. The van der Waals surface area contributed by atoms with Crippen LogP contribution in [-0.4, -0.2) is 35.6 Å². The van der Waals surface area contributed by atoms with Crippen molar-refractivity contribution in [3.05, 3.63) is 11.8 Å². The van der Waals surface area contributed by atoms with Gasteiger partial charge in [-0.2, -0.15) is 0 Å². The molecule has 1 N–H and O–H groups in total. The third-order valence-corrected chi connectivity index (χ3v) is 3.01. The number of anilines is 1. The number of hydrogen-bond acceptors (Lipinski definition) is 4. The van der Waals surface area contributed by atoms with E-state index >= 15 is 0 Å². The van der Waals surface area contributed by atoms with Gasteiger partial charge in [-0.25, -0.2) is 0 Å². The molecule has 2 heterocycles. The molecule has 1 aliphatic rings. The van der Waals surface area contributed by atoms with Crippen molar-refractivity contribution in [2.75, 3.05) is 25.0 Å². The van der Waals surface area contributed by atoms with E-state index in [1.54, 1.807) is 6.07 Å². The molecule has 5 nitrogen and oxygen atoms in total. The molecule has 1 aromatic heterocycles. The normalized spacial score (nSPS) is 16.6. The quantitative estimate of drug-likeness (QED) is 0.870. The van der Waals surface area contributed by atoms with Crippen molar-refractivity contribution in [2.45, 2.75) is 32.6 Å². The molecule has 5 heteroatoms. The fourth-order valence-corrected chi connectivity index (χ4v) is 2.05. The van der Waals surface area contributed by atoms with Crippen molar-refractivity contribution < 1.29 is 9.32 Å². The van der Waals surface area contributed by atoms with E-state index in [0.717, 1.165) is 31.7 Å². The molecule has 17 heavy (non-hydrogen) atoms. The number of nitrogens with one attached hydrogen (secondary N) is 1. The Balaban J connectivity index is 1.79. The minimum atomic E-state index is 0.146. The van der Waals surface area contributed by atoms with Crippen LogP contribution in [0.3, 0.4) is 0 Å². The average molecular weight is 237 g/mol. The first-order valence-corrected chi connectivity index (χ1v) is 6.20. The first-order valence-electron chi connectivity index (χ1n) is 6.20. The summed E-state index contributed by atoms with van der Waals surface area (Å²) >= 11 is 0. The molecule has 1 aromatic rings. The maximum atomic E-state index is 11.9. The van der Waals surface area contributed by atoms with Gasteiger partial charge in [0, 0.05) is 19.2 Å². The lowest BCUT2D eigenvalue weighted by Gasteiger charge is -2.20. The minimum absolute atomic E-state index is 0.146. The lowest BCUT2D eigenvalue weighted by molar-refractivity contribution is -0.129. The molecule has 1 fully saturated rings. The zero-order chi connectivity index (χ0) is 12.1. The van der Waals surface area contributed by atoms with Gasteiger partial charge < -0.3 is 14.7 Å². The predicted octanol–water partition coefficient (Wildman–Crippen LogP) is 1.80. The third kappa shape index (κ3) is 3.47. The zero-order valence-corrected chi connectivity index (χ0v) is 10.2. The Morgan fingerprint density at radius 1 is 1.41 bits per heavy atom. The van der Waals surface area contributed by atoms with Gasteiger partial charge in [-0.15, -0.1) is 0 Å². The summed E-state index contributed by atoms with van der Waals surface area (Å²) in [4.78, 5) is 13.9. The van der Waals surface area contributed by atoms with Crippen molar-refractivity contribution in [3.8, 4) is 0 Å². The van der Waals surface area contributed by atoms with Gasteiger partial charge in [0.1, 0.15) is 5.76 Å². The highest BCUT2D eigenvalue weighted by Gasteiger charge is 2.15. The standard InChI is InChI=1S/C12H19N3O2/c1-10-8-11(14-17-10)13-9-12(16)15-6-4-2-3-5-7-15/h8H,2-7,9H2,1H3,(H,13,14). The van der Waals surface area contributed by atoms with Crippen molar-refractivity contribution in [3.63, 3.8) is 0 Å². The van der Waals surface area contributed by atoms with Crippen molar-refractivity contribution in [1.29, 1.82) is 0 Å². The summed E-state index contributed by atoms with van der Waals surface area (Å²) in [5, 5.41) is 6.78. The monoisotopic (exact) mass is 237 g/mol. The first kappa shape index (κ1) is 12.0. The molecule has 1 aliphatic heterocycles. The number of hydrogen-bond donors (Lipinski definition) is 1. The lowest BCUT2D eigenvalue weighted by Crippen LogP contribution is -2.36. The van der Waals surface area contributed by atoms with Gasteiger partial charge in [-0.1, -0.05) is 18.0 Å².